The van der Waals surface area contributed by atoms with Crippen LogP contribution in [0.5, 0.6) is 0 Å². The molecule has 1 heterocycles. The van der Waals surface area contributed by atoms with Crippen LogP contribution in [0.3, 0.4) is 0 Å². The molecule has 130 valence electrons. The first kappa shape index (κ1) is 17.2. The van der Waals surface area contributed by atoms with Gasteiger partial charge >= 0.3 is 0 Å². The van der Waals surface area contributed by atoms with Gasteiger partial charge in [0.1, 0.15) is 0 Å². The lowest BCUT2D eigenvalue weighted by Crippen LogP contribution is -2.35. The molecule has 0 bridgehead atoms. The number of amides is 1. The highest BCUT2D eigenvalue weighted by atomic mass is 32.1. The SMILES string of the molecule is C=C(NNC(=O)c1cc2c(s1)CC[C@@H](C)C2)c1ccc([N+](=O)[O-])cc1. The topological polar surface area (TPSA) is 84.3 Å². The first-order chi connectivity index (χ1) is 11.9. The van der Waals surface area contributed by atoms with Crippen molar-refractivity contribution in [1.82, 2.24) is 10.9 Å². The summed E-state index contributed by atoms with van der Waals surface area (Å²) in [6.07, 6.45) is 3.24. The van der Waals surface area contributed by atoms with Crippen LogP contribution in [-0.4, -0.2) is 10.8 Å². The van der Waals surface area contributed by atoms with E-state index in [1.165, 1.54) is 29.0 Å². The second-order valence-electron chi connectivity index (χ2n) is 6.27. The first-order valence-corrected chi connectivity index (χ1v) is 8.87. The Morgan fingerprint density at radius 3 is 2.72 bits per heavy atom. The number of carbonyl (C=O) groups is 1. The Hall–Kier alpha value is -2.67. The summed E-state index contributed by atoms with van der Waals surface area (Å²) in [5.74, 6) is 0.466. The van der Waals surface area contributed by atoms with Gasteiger partial charge in [-0.05, 0) is 54.5 Å². The summed E-state index contributed by atoms with van der Waals surface area (Å²) >= 11 is 1.54. The molecule has 25 heavy (non-hydrogen) atoms. The smallest absolute Gasteiger partial charge is 0.279 e. The number of benzene rings is 1. The molecule has 0 aliphatic heterocycles. The Morgan fingerprint density at radius 2 is 2.04 bits per heavy atom. The maximum atomic E-state index is 12.3. The minimum absolute atomic E-state index is 0.0129. The number of nitro groups is 1. The van der Waals surface area contributed by atoms with Crippen molar-refractivity contribution in [3.63, 3.8) is 0 Å². The van der Waals surface area contributed by atoms with Gasteiger partial charge in [-0.2, -0.15) is 0 Å². The molecule has 2 aromatic rings. The third-order valence-electron chi connectivity index (χ3n) is 4.31. The zero-order valence-electron chi connectivity index (χ0n) is 13.9. The fourth-order valence-corrected chi connectivity index (χ4v) is 3.97. The van der Waals surface area contributed by atoms with Crippen molar-refractivity contribution in [3.05, 3.63) is 67.9 Å². The van der Waals surface area contributed by atoms with Crippen molar-refractivity contribution >= 4 is 28.6 Å². The molecule has 1 atom stereocenters. The van der Waals surface area contributed by atoms with Crippen molar-refractivity contribution in [2.75, 3.05) is 0 Å². The fraction of sp³-hybridized carbons (Fsp3) is 0.278. The molecule has 0 fully saturated rings. The van der Waals surface area contributed by atoms with Crippen LogP contribution in [0.4, 0.5) is 5.69 Å². The monoisotopic (exact) mass is 357 g/mol. The van der Waals surface area contributed by atoms with Crippen molar-refractivity contribution < 1.29 is 9.72 Å². The van der Waals surface area contributed by atoms with E-state index in [9.17, 15) is 14.9 Å². The molecule has 7 heteroatoms. The van der Waals surface area contributed by atoms with Gasteiger partial charge in [-0.15, -0.1) is 11.3 Å². The maximum Gasteiger partial charge on any atom is 0.279 e. The summed E-state index contributed by atoms with van der Waals surface area (Å²) in [6, 6.07) is 7.95. The molecule has 1 aliphatic rings. The lowest BCUT2D eigenvalue weighted by molar-refractivity contribution is -0.384. The van der Waals surface area contributed by atoms with Crippen LogP contribution in [0.1, 0.15) is 39.0 Å². The number of nitrogens with one attached hydrogen (secondary N) is 2. The van der Waals surface area contributed by atoms with Crippen molar-refractivity contribution in [2.24, 2.45) is 5.92 Å². The maximum absolute atomic E-state index is 12.3. The Labute approximate surface area is 149 Å². The number of hydrogen-bond donors (Lipinski definition) is 2. The Bertz CT molecular complexity index is 827. The highest BCUT2D eigenvalue weighted by Gasteiger charge is 2.20. The van der Waals surface area contributed by atoms with Crippen LogP contribution in [0.2, 0.25) is 0 Å². The molecule has 3 rings (SSSR count). The number of hydrogen-bond acceptors (Lipinski definition) is 5. The number of fused-ring (bicyclic) bond motifs is 1. The molecule has 6 nitrogen and oxygen atoms in total. The van der Waals surface area contributed by atoms with Crippen molar-refractivity contribution in [1.29, 1.82) is 0 Å². The van der Waals surface area contributed by atoms with Crippen molar-refractivity contribution in [3.8, 4) is 0 Å². The summed E-state index contributed by atoms with van der Waals surface area (Å²) in [5, 5.41) is 10.7. The van der Waals surface area contributed by atoms with E-state index in [0.29, 0.717) is 22.1 Å². The van der Waals surface area contributed by atoms with Gasteiger partial charge < -0.3 is 0 Å². The minimum atomic E-state index is -0.457. The number of thiophene rings is 1. The largest absolute Gasteiger partial charge is 0.298 e. The molecule has 2 N–H and O–H groups in total. The van der Waals surface area contributed by atoms with Gasteiger partial charge in [-0.1, -0.05) is 13.5 Å². The van der Waals surface area contributed by atoms with Crippen LogP contribution >= 0.6 is 11.3 Å². The van der Waals surface area contributed by atoms with E-state index in [1.54, 1.807) is 23.5 Å². The summed E-state index contributed by atoms with van der Waals surface area (Å²) < 4.78 is 0. The third kappa shape index (κ3) is 3.88. The van der Waals surface area contributed by atoms with E-state index < -0.39 is 4.92 Å². The average Bonchev–Trinajstić information content (AvgIpc) is 3.02. The van der Waals surface area contributed by atoms with Gasteiger partial charge in [-0.3, -0.25) is 25.8 Å². The summed E-state index contributed by atoms with van der Waals surface area (Å²) in [5.41, 5.74) is 7.86. The first-order valence-electron chi connectivity index (χ1n) is 8.05. The van der Waals surface area contributed by atoms with Gasteiger partial charge in [-0.25, -0.2) is 0 Å². The average molecular weight is 357 g/mol. The normalized spacial score (nSPS) is 16.0. The number of rotatable bonds is 5. The van der Waals surface area contributed by atoms with Gasteiger partial charge in [0.2, 0.25) is 0 Å². The standard InChI is InChI=1S/C18H19N3O3S/c1-11-3-8-16-14(9-11)10-17(25-16)18(22)20-19-12(2)13-4-6-15(7-5-13)21(23)24/h4-7,10-11,19H,2-3,8-9H2,1H3,(H,20,22)/t11-/m1/s1. The summed E-state index contributed by atoms with van der Waals surface area (Å²) in [7, 11) is 0. The van der Waals surface area contributed by atoms with Gasteiger partial charge in [0, 0.05) is 17.0 Å². The van der Waals surface area contributed by atoms with E-state index in [2.05, 4.69) is 24.4 Å². The van der Waals surface area contributed by atoms with E-state index in [1.807, 2.05) is 6.07 Å². The molecule has 1 amide bonds. The highest BCUT2D eigenvalue weighted by molar-refractivity contribution is 7.14. The van der Waals surface area contributed by atoms with E-state index in [0.717, 1.165) is 12.8 Å². The predicted molar refractivity (Wildman–Crippen MR) is 98.2 cm³/mol. The number of non-ortho nitro benzene ring substituents is 1. The predicted octanol–water partition coefficient (Wildman–Crippen LogP) is 3.69. The van der Waals surface area contributed by atoms with E-state index in [4.69, 9.17) is 0 Å². The molecule has 1 aliphatic carbocycles. The van der Waals surface area contributed by atoms with Gasteiger partial charge in [0.15, 0.2) is 0 Å². The zero-order valence-corrected chi connectivity index (χ0v) is 14.7. The number of aryl methyl sites for hydroxylation is 1. The molecular formula is C18H19N3O3S. The lowest BCUT2D eigenvalue weighted by Gasteiger charge is -2.16. The Morgan fingerprint density at radius 1 is 1.32 bits per heavy atom. The molecule has 1 aromatic heterocycles. The van der Waals surface area contributed by atoms with Crippen LogP contribution in [0, 0.1) is 16.0 Å². The molecular weight excluding hydrogens is 338 g/mol. The van der Waals surface area contributed by atoms with E-state index in [-0.39, 0.29) is 11.6 Å². The number of nitro benzene ring substituents is 1. The lowest BCUT2D eigenvalue weighted by atomic mass is 9.90. The third-order valence-corrected chi connectivity index (χ3v) is 5.54. The molecule has 0 saturated heterocycles. The Kier molecular flexibility index (Phi) is 4.85. The molecule has 0 spiro atoms. The number of hydrazine groups is 1. The summed E-state index contributed by atoms with van der Waals surface area (Å²) in [4.78, 5) is 24.5. The second kappa shape index (κ2) is 7.06. The van der Waals surface area contributed by atoms with Crippen LogP contribution in [-0.2, 0) is 12.8 Å². The quantitative estimate of drug-likeness (QED) is 0.631. The second-order valence-corrected chi connectivity index (χ2v) is 7.41. The van der Waals surface area contributed by atoms with Crippen LogP contribution in [0.25, 0.3) is 5.70 Å². The number of nitrogens with zero attached hydrogens (tertiary/aromatic N) is 1. The van der Waals surface area contributed by atoms with Crippen LogP contribution in [0.15, 0.2) is 36.9 Å². The molecule has 0 saturated carbocycles. The zero-order chi connectivity index (χ0) is 18.0. The molecule has 1 aromatic carbocycles. The van der Waals surface area contributed by atoms with E-state index >= 15 is 0 Å². The highest BCUT2D eigenvalue weighted by Crippen LogP contribution is 2.32. The summed E-state index contributed by atoms with van der Waals surface area (Å²) in [6.45, 7) is 6.08. The van der Waals surface area contributed by atoms with Crippen molar-refractivity contribution in [2.45, 2.75) is 26.2 Å². The molecule has 0 radical (unpaired) electrons. The Balaban J connectivity index is 1.60. The van der Waals surface area contributed by atoms with Gasteiger partial charge in [0.05, 0.1) is 15.5 Å². The van der Waals surface area contributed by atoms with Gasteiger partial charge in [0.25, 0.3) is 11.6 Å². The fourth-order valence-electron chi connectivity index (χ4n) is 2.87. The molecule has 0 unspecified atom stereocenters. The minimum Gasteiger partial charge on any atom is -0.298 e. The van der Waals surface area contributed by atoms with Crippen LogP contribution < -0.4 is 10.9 Å². The number of carbonyl (C=O) groups excluding carboxylic acids is 1.